The molecule has 0 bridgehead atoms. The van der Waals surface area contributed by atoms with Crippen molar-refractivity contribution in [3.8, 4) is 11.8 Å². The summed E-state index contributed by atoms with van der Waals surface area (Å²) in [5, 5.41) is 9.44. The van der Waals surface area contributed by atoms with Crippen molar-refractivity contribution in [1.29, 1.82) is 5.26 Å². The van der Waals surface area contributed by atoms with Crippen LogP contribution in [-0.4, -0.2) is 5.78 Å². The van der Waals surface area contributed by atoms with Crippen LogP contribution in [0, 0.1) is 17.2 Å². The van der Waals surface area contributed by atoms with Gasteiger partial charge < -0.3 is 4.74 Å². The van der Waals surface area contributed by atoms with Crippen LogP contribution in [0.4, 0.5) is 0 Å². The smallest absolute Gasteiger partial charge is 0.142 e. The molecular weight excluding hydrogens is 214 g/mol. The molecule has 0 saturated carbocycles. The molecule has 0 saturated heterocycles. The van der Waals surface area contributed by atoms with Crippen molar-refractivity contribution in [2.45, 2.75) is 19.3 Å². The minimum atomic E-state index is -0.905. The standard InChI is InChI=1S/C14H13NO2/c1-9(16)13-10(2)17-12-7-5-4-6-11(12)14(13,3)8-15/h4-7,13H,2H2,1,3H3/t13-,14?/m0/s1. The molecule has 0 aromatic heterocycles. The third-order valence-corrected chi connectivity index (χ3v) is 3.23. The largest absolute Gasteiger partial charge is 0.461 e. The van der Waals surface area contributed by atoms with Crippen LogP contribution in [0.25, 0.3) is 0 Å². The molecule has 0 fully saturated rings. The zero-order valence-electron chi connectivity index (χ0n) is 9.86. The second-order valence-electron chi connectivity index (χ2n) is 4.42. The van der Waals surface area contributed by atoms with Crippen LogP contribution in [0.1, 0.15) is 19.4 Å². The van der Waals surface area contributed by atoms with E-state index >= 15 is 0 Å². The summed E-state index contributed by atoms with van der Waals surface area (Å²) in [4.78, 5) is 11.7. The van der Waals surface area contributed by atoms with Gasteiger partial charge >= 0.3 is 0 Å². The van der Waals surface area contributed by atoms with Crippen molar-refractivity contribution in [3.05, 3.63) is 42.2 Å². The maximum atomic E-state index is 11.7. The minimum Gasteiger partial charge on any atom is -0.461 e. The number of ether oxygens (including phenoxy) is 1. The van der Waals surface area contributed by atoms with E-state index in [1.165, 1.54) is 6.92 Å². The van der Waals surface area contributed by atoms with Gasteiger partial charge in [0.2, 0.25) is 0 Å². The van der Waals surface area contributed by atoms with E-state index in [0.29, 0.717) is 11.5 Å². The topological polar surface area (TPSA) is 50.1 Å². The fourth-order valence-corrected chi connectivity index (χ4v) is 2.42. The van der Waals surface area contributed by atoms with Crippen LogP contribution in [0.2, 0.25) is 0 Å². The molecule has 1 aromatic carbocycles. The van der Waals surface area contributed by atoms with Gasteiger partial charge in [0.1, 0.15) is 17.3 Å². The summed E-state index contributed by atoms with van der Waals surface area (Å²) in [7, 11) is 0. The van der Waals surface area contributed by atoms with Gasteiger partial charge in [-0.05, 0) is 19.9 Å². The van der Waals surface area contributed by atoms with Gasteiger partial charge in [-0.2, -0.15) is 5.26 Å². The Labute approximate surface area is 100 Å². The number of Topliss-reactive ketones (excluding diaryl/α,β-unsaturated/α-hetero) is 1. The Morgan fingerprint density at radius 3 is 2.76 bits per heavy atom. The summed E-state index contributed by atoms with van der Waals surface area (Å²) >= 11 is 0. The van der Waals surface area contributed by atoms with E-state index in [2.05, 4.69) is 12.6 Å². The molecule has 86 valence electrons. The molecule has 1 aliphatic heterocycles. The number of fused-ring (bicyclic) bond motifs is 1. The Hall–Kier alpha value is -2.08. The lowest BCUT2D eigenvalue weighted by Crippen LogP contribution is -2.41. The van der Waals surface area contributed by atoms with E-state index in [4.69, 9.17) is 4.74 Å². The second kappa shape index (κ2) is 3.74. The molecule has 0 radical (unpaired) electrons. The maximum absolute atomic E-state index is 11.7. The van der Waals surface area contributed by atoms with Gasteiger partial charge in [-0.3, -0.25) is 4.79 Å². The summed E-state index contributed by atoms with van der Waals surface area (Å²) in [5.41, 5.74) is -0.160. The van der Waals surface area contributed by atoms with Crippen LogP contribution in [0.15, 0.2) is 36.6 Å². The van der Waals surface area contributed by atoms with Crippen LogP contribution in [-0.2, 0) is 10.2 Å². The van der Waals surface area contributed by atoms with Crippen LogP contribution < -0.4 is 4.74 Å². The number of hydrogen-bond acceptors (Lipinski definition) is 3. The lowest BCUT2D eigenvalue weighted by Gasteiger charge is -2.37. The van der Waals surface area contributed by atoms with E-state index in [1.807, 2.05) is 18.2 Å². The number of rotatable bonds is 1. The van der Waals surface area contributed by atoms with E-state index in [9.17, 15) is 10.1 Å². The van der Waals surface area contributed by atoms with Crippen LogP contribution >= 0.6 is 0 Å². The van der Waals surface area contributed by atoms with Crippen molar-refractivity contribution in [3.63, 3.8) is 0 Å². The zero-order chi connectivity index (χ0) is 12.6. The van der Waals surface area contributed by atoms with Crippen molar-refractivity contribution < 1.29 is 9.53 Å². The Morgan fingerprint density at radius 2 is 2.18 bits per heavy atom. The lowest BCUT2D eigenvalue weighted by atomic mass is 9.69. The first-order valence-corrected chi connectivity index (χ1v) is 5.38. The molecule has 1 aliphatic rings. The molecule has 0 amide bonds. The molecule has 2 atom stereocenters. The third kappa shape index (κ3) is 1.53. The normalized spacial score (nSPS) is 26.6. The SMILES string of the molecule is C=C1Oc2ccccc2C(C)(C#N)[C@H]1C(C)=O. The summed E-state index contributed by atoms with van der Waals surface area (Å²) in [6, 6.07) is 9.51. The first kappa shape index (κ1) is 11.4. The van der Waals surface area contributed by atoms with Crippen molar-refractivity contribution in [1.82, 2.24) is 0 Å². The summed E-state index contributed by atoms with van der Waals surface area (Å²) in [6.45, 7) is 6.98. The Bertz CT molecular complexity index is 541. The molecule has 1 unspecified atom stereocenters. The monoisotopic (exact) mass is 227 g/mol. The number of ketones is 1. The van der Waals surface area contributed by atoms with E-state index in [1.54, 1.807) is 13.0 Å². The average molecular weight is 227 g/mol. The quantitative estimate of drug-likeness (QED) is 0.740. The number of nitriles is 1. The summed E-state index contributed by atoms with van der Waals surface area (Å²) in [5.74, 6) is 0.246. The second-order valence-corrected chi connectivity index (χ2v) is 4.42. The highest BCUT2D eigenvalue weighted by atomic mass is 16.5. The van der Waals surface area contributed by atoms with Crippen LogP contribution in [0.5, 0.6) is 5.75 Å². The molecule has 1 heterocycles. The highest BCUT2D eigenvalue weighted by Gasteiger charge is 2.47. The molecule has 2 rings (SSSR count). The number of allylic oxidation sites excluding steroid dienone is 1. The number of hydrogen-bond donors (Lipinski definition) is 0. The van der Waals surface area contributed by atoms with Gasteiger partial charge in [0, 0.05) is 5.56 Å². The molecule has 3 heteroatoms. The van der Waals surface area contributed by atoms with Crippen molar-refractivity contribution in [2.24, 2.45) is 5.92 Å². The fourth-order valence-electron chi connectivity index (χ4n) is 2.42. The highest BCUT2D eigenvalue weighted by Crippen LogP contribution is 2.45. The molecule has 0 aliphatic carbocycles. The van der Waals surface area contributed by atoms with Gasteiger partial charge in [0.15, 0.2) is 0 Å². The van der Waals surface area contributed by atoms with Crippen molar-refractivity contribution in [2.75, 3.05) is 0 Å². The predicted molar refractivity (Wildman–Crippen MR) is 63.3 cm³/mol. The number of para-hydroxylation sites is 1. The molecular formula is C14H13NO2. The van der Waals surface area contributed by atoms with Crippen molar-refractivity contribution >= 4 is 5.78 Å². The Kier molecular flexibility index (Phi) is 2.51. The number of nitrogens with zero attached hydrogens (tertiary/aromatic N) is 1. The Morgan fingerprint density at radius 1 is 1.53 bits per heavy atom. The predicted octanol–water partition coefficient (Wildman–Crippen LogP) is 2.58. The summed E-state index contributed by atoms with van der Waals surface area (Å²) < 4.78 is 5.54. The highest BCUT2D eigenvalue weighted by molar-refractivity contribution is 5.84. The summed E-state index contributed by atoms with van der Waals surface area (Å²) in [6.07, 6.45) is 0. The van der Waals surface area contributed by atoms with Crippen LogP contribution in [0.3, 0.4) is 0 Å². The number of carbonyl (C=O) groups is 1. The first-order valence-electron chi connectivity index (χ1n) is 5.38. The molecule has 3 nitrogen and oxygen atoms in total. The fraction of sp³-hybridized carbons (Fsp3) is 0.286. The zero-order valence-corrected chi connectivity index (χ0v) is 9.86. The van der Waals surface area contributed by atoms with Gasteiger partial charge in [0.05, 0.1) is 17.4 Å². The number of carbonyl (C=O) groups excluding carboxylic acids is 1. The first-order chi connectivity index (χ1) is 8.00. The Balaban J connectivity index is 2.68. The van der Waals surface area contributed by atoms with Gasteiger partial charge in [0.25, 0.3) is 0 Å². The van der Waals surface area contributed by atoms with Gasteiger partial charge in [-0.25, -0.2) is 0 Å². The molecule has 0 spiro atoms. The van der Waals surface area contributed by atoms with E-state index in [-0.39, 0.29) is 5.78 Å². The van der Waals surface area contributed by atoms with Gasteiger partial charge in [-0.1, -0.05) is 24.8 Å². The van der Waals surface area contributed by atoms with Gasteiger partial charge in [-0.15, -0.1) is 0 Å². The van der Waals surface area contributed by atoms with E-state index < -0.39 is 11.3 Å². The molecule has 17 heavy (non-hydrogen) atoms. The van der Waals surface area contributed by atoms with E-state index in [0.717, 1.165) is 5.56 Å². The average Bonchev–Trinajstić information content (AvgIpc) is 2.28. The minimum absolute atomic E-state index is 0.103. The number of benzene rings is 1. The maximum Gasteiger partial charge on any atom is 0.142 e. The lowest BCUT2D eigenvalue weighted by molar-refractivity contribution is -0.121. The third-order valence-electron chi connectivity index (χ3n) is 3.23. The molecule has 0 N–H and O–H groups in total. The molecule has 1 aromatic rings.